The molecule has 1 atom stereocenters. The maximum Gasteiger partial charge on any atom is 0.416 e. The molecule has 0 radical (unpaired) electrons. The van der Waals surface area contributed by atoms with E-state index in [2.05, 4.69) is 22.1 Å². The van der Waals surface area contributed by atoms with Crippen LogP contribution in [0.4, 0.5) is 13.2 Å². The van der Waals surface area contributed by atoms with Crippen LogP contribution in [0, 0.1) is 0 Å². The van der Waals surface area contributed by atoms with Crippen LogP contribution in [-0.2, 0) is 6.18 Å². The highest BCUT2D eigenvalue weighted by atomic mass is 31.1. The summed E-state index contributed by atoms with van der Waals surface area (Å²) in [5.74, 6) is 0. The maximum absolute atomic E-state index is 13.4. The molecule has 0 saturated heterocycles. The first-order valence-electron chi connectivity index (χ1n) is 13.1. The number of fused-ring (bicyclic) bond motifs is 3. The highest BCUT2D eigenvalue weighted by Crippen LogP contribution is 2.54. The molecule has 0 amide bonds. The van der Waals surface area contributed by atoms with Gasteiger partial charge in [0.2, 0.25) is 0 Å². The van der Waals surface area contributed by atoms with E-state index in [9.17, 15) is 13.2 Å². The molecule has 3 aromatic heterocycles. The molecule has 7 heteroatoms. The zero-order chi connectivity index (χ0) is 28.2. The van der Waals surface area contributed by atoms with Crippen LogP contribution in [0.15, 0.2) is 109 Å². The lowest BCUT2D eigenvalue weighted by Crippen LogP contribution is -2.54. The molecule has 6 rings (SSSR count). The fourth-order valence-electron chi connectivity index (χ4n) is 4.92. The number of halogens is 3. The molecule has 0 N–H and O–H groups in total. The van der Waals surface area contributed by atoms with E-state index in [4.69, 9.17) is 2.74 Å². The van der Waals surface area contributed by atoms with Gasteiger partial charge in [0.15, 0.2) is 0 Å². The van der Waals surface area contributed by atoms with Crippen molar-refractivity contribution >= 4 is 47.1 Å². The molecule has 0 bridgehead atoms. The van der Waals surface area contributed by atoms with Gasteiger partial charge in [0.25, 0.3) is 0 Å². The Bertz CT molecular complexity index is 1900. The van der Waals surface area contributed by atoms with E-state index in [0.717, 1.165) is 54.9 Å². The van der Waals surface area contributed by atoms with Gasteiger partial charge in [-0.3, -0.25) is 9.97 Å². The van der Waals surface area contributed by atoms with Crippen molar-refractivity contribution in [1.29, 1.82) is 0 Å². The quantitative estimate of drug-likeness (QED) is 0.210. The maximum atomic E-state index is 13.4. The molecule has 0 aliphatic carbocycles. The van der Waals surface area contributed by atoms with Crippen LogP contribution in [0.25, 0.3) is 37.6 Å². The van der Waals surface area contributed by atoms with Gasteiger partial charge in [-0.1, -0.05) is 86.4 Å². The molecule has 0 aliphatic heterocycles. The molecule has 0 saturated carbocycles. The van der Waals surface area contributed by atoms with E-state index in [1.165, 1.54) is 6.20 Å². The summed E-state index contributed by atoms with van der Waals surface area (Å²) in [4.78, 5) is 9.01. The molecule has 188 valence electrons. The number of hydrogen-bond donors (Lipinski definition) is 0. The summed E-state index contributed by atoms with van der Waals surface area (Å²) < 4.78 is 57.1. The van der Waals surface area contributed by atoms with Gasteiger partial charge in [-0.05, 0) is 58.3 Å². The summed E-state index contributed by atoms with van der Waals surface area (Å²) in [6.45, 7) is 3.93. The first-order valence-corrected chi connectivity index (χ1v) is 16.5. The third kappa shape index (κ3) is 4.24. The summed E-state index contributed by atoms with van der Waals surface area (Å²) in [5, 5.41) is 5.69. The van der Waals surface area contributed by atoms with E-state index >= 15 is 0 Å². The summed E-state index contributed by atoms with van der Waals surface area (Å²) in [7, 11) is -3.59. The molecular weight excluding hydrogens is 516 g/mol. The van der Waals surface area contributed by atoms with Crippen molar-refractivity contribution in [1.82, 2.24) is 9.97 Å². The van der Waals surface area contributed by atoms with Crippen LogP contribution in [0.2, 0.25) is 13.1 Å². The smallest absolute Gasteiger partial charge is 0.266 e. The number of aromatic nitrogens is 2. The van der Waals surface area contributed by atoms with E-state index in [1.807, 2.05) is 61.6 Å². The molecule has 2 nitrogen and oxygen atoms in total. The lowest BCUT2D eigenvalue weighted by molar-refractivity contribution is -0.137. The van der Waals surface area contributed by atoms with Crippen LogP contribution >= 0.6 is 7.53 Å². The van der Waals surface area contributed by atoms with Crippen molar-refractivity contribution in [3.8, 4) is 16.6 Å². The van der Waals surface area contributed by atoms with E-state index in [1.54, 1.807) is 18.3 Å². The number of hydrogen-bond acceptors (Lipinski definition) is 2. The molecule has 3 aromatic carbocycles. The third-order valence-electron chi connectivity index (χ3n) is 7.06. The minimum absolute atomic E-state index is 0.301. The highest BCUT2D eigenvalue weighted by Gasteiger charge is 2.34. The molecule has 0 aliphatic rings. The van der Waals surface area contributed by atoms with Gasteiger partial charge in [0.05, 0.1) is 13.7 Å². The predicted octanol–water partition coefficient (Wildman–Crippen LogP) is 8.27. The second-order valence-electron chi connectivity index (χ2n) is 9.76. The standard InChI is InChI=1S/C31H24F3N2PSi/c1-38(2,30-20-23(15-17-36-30)31(32,33)34)24-9-7-8-21(18-24)22-13-14-26-25-10-3-4-11-27(25)37(28(26)19-22)29-12-5-6-16-35-29/h3-20H,1-2H3/i3D,7D. The molecular formula is C31H24F3N2PSi. The number of rotatable bonds is 4. The minimum Gasteiger partial charge on any atom is -0.266 e. The average Bonchev–Trinajstić information content (AvgIpc) is 3.25. The second kappa shape index (κ2) is 9.23. The first kappa shape index (κ1) is 22.3. The van der Waals surface area contributed by atoms with Gasteiger partial charge in [0, 0.05) is 27.9 Å². The number of nitrogens with zero attached hydrogens (tertiary/aromatic N) is 2. The Morgan fingerprint density at radius 3 is 2.34 bits per heavy atom. The summed E-state index contributed by atoms with van der Waals surface area (Å²) in [6.07, 6.45) is -1.43. The lowest BCUT2D eigenvalue weighted by Gasteiger charge is -2.24. The monoisotopic (exact) mass is 542 g/mol. The Morgan fingerprint density at radius 1 is 0.737 bits per heavy atom. The number of alkyl halides is 3. The minimum atomic E-state index is -4.45. The summed E-state index contributed by atoms with van der Waals surface area (Å²) in [5.41, 5.74) is 2.04. The van der Waals surface area contributed by atoms with Crippen molar-refractivity contribution in [2.75, 3.05) is 0 Å². The Morgan fingerprint density at radius 2 is 1.55 bits per heavy atom. The van der Waals surface area contributed by atoms with Crippen molar-refractivity contribution in [3.05, 3.63) is 115 Å². The van der Waals surface area contributed by atoms with Gasteiger partial charge >= 0.3 is 6.18 Å². The van der Waals surface area contributed by atoms with Crippen LogP contribution in [-0.4, -0.2) is 18.0 Å². The Hall–Kier alpha value is -3.73. The molecule has 6 aromatic rings. The second-order valence-corrected chi connectivity index (χ2v) is 16.2. The van der Waals surface area contributed by atoms with Crippen molar-refractivity contribution in [2.24, 2.45) is 0 Å². The fourth-order valence-corrected chi connectivity index (χ4v) is 9.61. The van der Waals surface area contributed by atoms with Gasteiger partial charge in [-0.2, -0.15) is 13.2 Å². The van der Waals surface area contributed by atoms with Crippen LogP contribution in [0.1, 0.15) is 8.30 Å². The normalized spacial score (nSPS) is 13.6. The van der Waals surface area contributed by atoms with Gasteiger partial charge < -0.3 is 0 Å². The molecule has 38 heavy (non-hydrogen) atoms. The van der Waals surface area contributed by atoms with Gasteiger partial charge in [0.1, 0.15) is 8.07 Å². The van der Waals surface area contributed by atoms with Crippen molar-refractivity contribution in [2.45, 2.75) is 19.3 Å². The molecule has 0 spiro atoms. The number of benzene rings is 3. The van der Waals surface area contributed by atoms with E-state index < -0.39 is 27.3 Å². The Labute approximate surface area is 223 Å². The fraction of sp³-hybridized carbons (Fsp3) is 0.0968. The van der Waals surface area contributed by atoms with Gasteiger partial charge in [-0.15, -0.1) is 0 Å². The largest absolute Gasteiger partial charge is 0.416 e. The predicted molar refractivity (Wildman–Crippen MR) is 155 cm³/mol. The van der Waals surface area contributed by atoms with Crippen LogP contribution in [0.5, 0.6) is 0 Å². The lowest BCUT2D eigenvalue weighted by atomic mass is 10.0. The number of pyridine rings is 2. The average molecular weight is 543 g/mol. The van der Waals surface area contributed by atoms with Crippen LogP contribution < -0.4 is 10.5 Å². The van der Waals surface area contributed by atoms with Crippen molar-refractivity contribution < 1.29 is 15.9 Å². The highest BCUT2D eigenvalue weighted by molar-refractivity contribution is 7.67. The Balaban J connectivity index is 1.52. The van der Waals surface area contributed by atoms with Gasteiger partial charge in [-0.25, -0.2) is 0 Å². The third-order valence-corrected chi connectivity index (χ3v) is 12.8. The summed E-state index contributed by atoms with van der Waals surface area (Å²) >= 11 is 0. The van der Waals surface area contributed by atoms with E-state index in [0.29, 0.717) is 17.4 Å². The summed E-state index contributed by atoms with van der Waals surface area (Å²) in [6, 6.07) is 26.3. The zero-order valence-corrected chi connectivity index (χ0v) is 22.6. The van der Waals surface area contributed by atoms with Crippen molar-refractivity contribution in [3.63, 3.8) is 0 Å². The SMILES string of the molecule is [2H]c1cc(-c2ccc3c4cc([2H])ccc4p(-c4ccccn4)c3c2)cc([Si](C)(C)c2cc(C(F)(F)F)ccn2)c1. The molecule has 3 heterocycles. The van der Waals surface area contributed by atoms with Crippen LogP contribution in [0.3, 0.4) is 0 Å². The van der Waals surface area contributed by atoms with E-state index in [-0.39, 0.29) is 0 Å². The first-order chi connectivity index (χ1) is 19.0. The molecule has 1 unspecified atom stereocenters. The Kier molecular flexibility index (Phi) is 5.41. The molecule has 0 fully saturated rings. The topological polar surface area (TPSA) is 25.8 Å². The zero-order valence-electron chi connectivity index (χ0n) is 22.7.